The molecule has 3 nitrogen and oxygen atoms in total. The van der Waals surface area contributed by atoms with Gasteiger partial charge in [0.05, 0.1) is 27.3 Å². The Morgan fingerprint density at radius 3 is 2.76 bits per heavy atom. The molecule has 2 aromatic rings. The smallest absolute Gasteiger partial charge is 0.145 e. The lowest BCUT2D eigenvalue weighted by molar-refractivity contribution is 0.897. The molecule has 6 heteroatoms. The molecule has 2 rings (SSSR count). The second-order valence-corrected chi connectivity index (χ2v) is 5.76. The maximum atomic E-state index is 6.04. The summed E-state index contributed by atoms with van der Waals surface area (Å²) >= 11 is 13.5. The van der Waals surface area contributed by atoms with Gasteiger partial charge < -0.3 is 11.1 Å². The van der Waals surface area contributed by atoms with Crippen molar-refractivity contribution < 1.29 is 0 Å². The molecule has 2 aromatic heterocycles. The molecule has 3 N–H and O–H groups in total. The predicted octanol–water partition coefficient (Wildman–Crippen LogP) is 4.21. The average Bonchev–Trinajstić information content (AvgIpc) is 2.69. The molecular formula is C11H11Cl2N3S. The highest BCUT2D eigenvalue weighted by Crippen LogP contribution is 2.30. The fraction of sp³-hybridized carbons (Fsp3) is 0.182. The molecule has 0 aromatic carbocycles. The third-order valence-corrected chi connectivity index (χ3v) is 3.94. The molecule has 1 unspecified atom stereocenters. The summed E-state index contributed by atoms with van der Waals surface area (Å²) in [7, 11) is 0. The second kappa shape index (κ2) is 5.12. The topological polar surface area (TPSA) is 50.9 Å². The number of hydrogen-bond donors (Lipinski definition) is 2. The van der Waals surface area contributed by atoms with Gasteiger partial charge in [-0.15, -0.1) is 11.3 Å². The Kier molecular flexibility index (Phi) is 3.76. The number of thiophene rings is 1. The van der Waals surface area contributed by atoms with E-state index in [1.165, 1.54) is 11.3 Å². The first kappa shape index (κ1) is 12.5. The van der Waals surface area contributed by atoms with Crippen LogP contribution in [0.5, 0.6) is 0 Å². The number of nitrogens with two attached hydrogens (primary N) is 1. The highest BCUT2D eigenvalue weighted by molar-refractivity contribution is 7.16. The van der Waals surface area contributed by atoms with Crippen molar-refractivity contribution in [2.75, 3.05) is 11.1 Å². The first-order valence-corrected chi connectivity index (χ1v) is 6.56. The monoisotopic (exact) mass is 287 g/mol. The highest BCUT2D eigenvalue weighted by atomic mass is 35.5. The van der Waals surface area contributed by atoms with Gasteiger partial charge in [-0.3, -0.25) is 0 Å². The van der Waals surface area contributed by atoms with E-state index in [-0.39, 0.29) is 6.04 Å². The normalized spacial score (nSPS) is 12.4. The zero-order valence-corrected chi connectivity index (χ0v) is 11.4. The highest BCUT2D eigenvalue weighted by Gasteiger charge is 2.10. The van der Waals surface area contributed by atoms with E-state index in [9.17, 15) is 0 Å². The van der Waals surface area contributed by atoms with Gasteiger partial charge in [-0.05, 0) is 25.1 Å². The Balaban J connectivity index is 2.15. The Morgan fingerprint density at radius 1 is 1.41 bits per heavy atom. The average molecular weight is 288 g/mol. The summed E-state index contributed by atoms with van der Waals surface area (Å²) in [6.07, 6.45) is 1.57. The summed E-state index contributed by atoms with van der Waals surface area (Å²) in [4.78, 5) is 5.28. The number of hydrogen-bond acceptors (Lipinski definition) is 4. The van der Waals surface area contributed by atoms with Crippen LogP contribution in [-0.2, 0) is 0 Å². The third kappa shape index (κ3) is 3.03. The van der Waals surface area contributed by atoms with Gasteiger partial charge in [0.15, 0.2) is 0 Å². The lowest BCUT2D eigenvalue weighted by Gasteiger charge is -2.14. The van der Waals surface area contributed by atoms with Crippen molar-refractivity contribution in [3.05, 3.63) is 38.6 Å². The van der Waals surface area contributed by atoms with E-state index in [0.717, 1.165) is 9.21 Å². The fourth-order valence-electron chi connectivity index (χ4n) is 1.40. The zero-order valence-electron chi connectivity index (χ0n) is 9.08. The van der Waals surface area contributed by atoms with Crippen molar-refractivity contribution >= 4 is 46.0 Å². The summed E-state index contributed by atoms with van der Waals surface area (Å²) in [6, 6.07) is 5.62. The van der Waals surface area contributed by atoms with Crippen LogP contribution in [0.1, 0.15) is 17.8 Å². The third-order valence-electron chi connectivity index (χ3n) is 2.24. The maximum Gasteiger partial charge on any atom is 0.145 e. The number of pyridine rings is 1. The van der Waals surface area contributed by atoms with Gasteiger partial charge in [0.1, 0.15) is 5.82 Å². The molecular weight excluding hydrogens is 277 g/mol. The first-order valence-electron chi connectivity index (χ1n) is 4.99. The SMILES string of the molecule is CC(Nc1ncc(N)cc1Cl)c1ccc(Cl)s1. The molecule has 0 saturated heterocycles. The zero-order chi connectivity index (χ0) is 12.4. The molecule has 0 aliphatic heterocycles. The number of anilines is 2. The molecule has 1 atom stereocenters. The Labute approximate surface area is 114 Å². The molecule has 0 amide bonds. The van der Waals surface area contributed by atoms with E-state index in [1.807, 2.05) is 19.1 Å². The van der Waals surface area contributed by atoms with Crippen LogP contribution in [0.3, 0.4) is 0 Å². The quantitative estimate of drug-likeness (QED) is 0.889. The van der Waals surface area contributed by atoms with Crippen LogP contribution >= 0.6 is 34.5 Å². The lowest BCUT2D eigenvalue weighted by Crippen LogP contribution is -2.07. The summed E-state index contributed by atoms with van der Waals surface area (Å²) < 4.78 is 0.769. The van der Waals surface area contributed by atoms with Crippen molar-refractivity contribution in [3.63, 3.8) is 0 Å². The molecule has 17 heavy (non-hydrogen) atoms. The van der Waals surface area contributed by atoms with Crippen LogP contribution in [0, 0.1) is 0 Å². The van der Waals surface area contributed by atoms with Crippen LogP contribution in [0.4, 0.5) is 11.5 Å². The molecule has 0 spiro atoms. The van der Waals surface area contributed by atoms with Crippen LogP contribution in [-0.4, -0.2) is 4.98 Å². The van der Waals surface area contributed by atoms with E-state index >= 15 is 0 Å². The van der Waals surface area contributed by atoms with Crippen molar-refractivity contribution in [2.45, 2.75) is 13.0 Å². The van der Waals surface area contributed by atoms with Crippen molar-refractivity contribution in [1.29, 1.82) is 0 Å². The summed E-state index contributed by atoms with van der Waals surface area (Å²) in [5, 5.41) is 3.73. The molecule has 0 saturated carbocycles. The Bertz CT molecular complexity index is 527. The second-order valence-electron chi connectivity index (χ2n) is 3.61. The van der Waals surface area contributed by atoms with Gasteiger partial charge in [-0.2, -0.15) is 0 Å². The standard InChI is InChI=1S/C11H11Cl2N3S/c1-6(9-2-3-10(13)17-9)16-11-8(12)4-7(14)5-15-11/h2-6H,14H2,1H3,(H,15,16). The molecule has 0 fully saturated rings. The number of nitrogen functional groups attached to an aromatic ring is 1. The Hall–Kier alpha value is -0.970. The molecule has 0 bridgehead atoms. The predicted molar refractivity (Wildman–Crippen MR) is 75.0 cm³/mol. The molecule has 0 aliphatic rings. The number of halogens is 2. The van der Waals surface area contributed by atoms with Crippen molar-refractivity contribution in [2.24, 2.45) is 0 Å². The number of nitrogens with one attached hydrogen (secondary N) is 1. The molecule has 0 radical (unpaired) electrons. The van der Waals surface area contributed by atoms with Gasteiger partial charge in [-0.1, -0.05) is 23.2 Å². The van der Waals surface area contributed by atoms with Crippen LogP contribution < -0.4 is 11.1 Å². The van der Waals surface area contributed by atoms with Gasteiger partial charge in [-0.25, -0.2) is 4.98 Å². The maximum absolute atomic E-state index is 6.04. The van der Waals surface area contributed by atoms with E-state index < -0.39 is 0 Å². The van der Waals surface area contributed by atoms with Gasteiger partial charge in [0, 0.05) is 4.88 Å². The van der Waals surface area contributed by atoms with Gasteiger partial charge in [0.25, 0.3) is 0 Å². The minimum absolute atomic E-state index is 0.0983. The number of aromatic nitrogens is 1. The van der Waals surface area contributed by atoms with Crippen molar-refractivity contribution in [1.82, 2.24) is 4.98 Å². The minimum atomic E-state index is 0.0983. The van der Waals surface area contributed by atoms with Gasteiger partial charge in [0.2, 0.25) is 0 Å². The largest absolute Gasteiger partial charge is 0.397 e. The van der Waals surface area contributed by atoms with E-state index in [0.29, 0.717) is 16.5 Å². The van der Waals surface area contributed by atoms with E-state index in [1.54, 1.807) is 12.3 Å². The Morgan fingerprint density at radius 2 is 2.18 bits per heavy atom. The van der Waals surface area contributed by atoms with Crippen molar-refractivity contribution in [3.8, 4) is 0 Å². The summed E-state index contributed by atoms with van der Waals surface area (Å²) in [5.74, 6) is 0.623. The van der Waals surface area contributed by atoms with Crippen LogP contribution in [0.15, 0.2) is 24.4 Å². The van der Waals surface area contributed by atoms with Crippen LogP contribution in [0.25, 0.3) is 0 Å². The van der Waals surface area contributed by atoms with E-state index in [2.05, 4.69) is 10.3 Å². The lowest BCUT2D eigenvalue weighted by atomic mass is 10.2. The fourth-order valence-corrected chi connectivity index (χ4v) is 2.69. The summed E-state index contributed by atoms with van der Waals surface area (Å²) in [6.45, 7) is 2.02. The minimum Gasteiger partial charge on any atom is -0.397 e. The molecule has 2 heterocycles. The number of nitrogens with zero attached hydrogens (tertiary/aromatic N) is 1. The first-order chi connectivity index (χ1) is 8.06. The van der Waals surface area contributed by atoms with Crippen LogP contribution in [0.2, 0.25) is 9.36 Å². The van der Waals surface area contributed by atoms with E-state index in [4.69, 9.17) is 28.9 Å². The summed E-state index contributed by atoms with van der Waals surface area (Å²) in [5.41, 5.74) is 6.13. The number of rotatable bonds is 3. The molecule has 90 valence electrons. The van der Waals surface area contributed by atoms with Gasteiger partial charge >= 0.3 is 0 Å². The molecule has 0 aliphatic carbocycles.